The van der Waals surface area contributed by atoms with Crippen LogP contribution >= 0.6 is 7.82 Å². The molecule has 0 atom stereocenters. The first-order valence-corrected chi connectivity index (χ1v) is 10.2. The van der Waals surface area contributed by atoms with E-state index < -0.39 is 7.82 Å². The molecular weight excluding hydrogens is 287 g/mol. The van der Waals surface area contributed by atoms with Crippen molar-refractivity contribution in [3.8, 4) is 0 Å². The van der Waals surface area contributed by atoms with E-state index in [0.29, 0.717) is 0 Å². The van der Waals surface area contributed by atoms with Gasteiger partial charge >= 0.3 is 0 Å². The third-order valence-electron chi connectivity index (χ3n) is 3.49. The molecule has 0 aromatic rings. The first kappa shape index (κ1) is 21.1. The van der Waals surface area contributed by atoms with Crippen LogP contribution in [0.5, 0.6) is 0 Å². The predicted octanol–water partition coefficient (Wildman–Crippen LogP) is 5.21. The molecule has 0 amide bonds. The summed E-state index contributed by atoms with van der Waals surface area (Å²) < 4.78 is 21.2. The number of rotatable bonds is 16. The standard InChI is InChI=1S/C16H35O4P/c1-3-5-7-9-11-13-15-19-21(17,18)20-16-14-12-10-8-6-4-2/h3-16H2,1-2H3,(H,17,18)/p-1. The van der Waals surface area contributed by atoms with E-state index in [2.05, 4.69) is 13.8 Å². The van der Waals surface area contributed by atoms with Gasteiger partial charge in [-0.2, -0.15) is 0 Å². The molecule has 0 N–H and O–H groups in total. The van der Waals surface area contributed by atoms with Crippen LogP contribution < -0.4 is 4.89 Å². The topological polar surface area (TPSA) is 58.6 Å². The predicted molar refractivity (Wildman–Crippen MR) is 86.3 cm³/mol. The summed E-state index contributed by atoms with van der Waals surface area (Å²) >= 11 is 0. The Labute approximate surface area is 131 Å². The van der Waals surface area contributed by atoms with E-state index in [4.69, 9.17) is 9.05 Å². The lowest BCUT2D eigenvalue weighted by Crippen LogP contribution is -2.10. The van der Waals surface area contributed by atoms with Gasteiger partial charge in [0.05, 0.1) is 13.2 Å². The Morgan fingerprint density at radius 3 is 1.38 bits per heavy atom. The number of hydrogen-bond acceptors (Lipinski definition) is 4. The molecule has 0 aromatic carbocycles. The van der Waals surface area contributed by atoms with Gasteiger partial charge < -0.3 is 13.9 Å². The van der Waals surface area contributed by atoms with Gasteiger partial charge in [0.2, 0.25) is 0 Å². The minimum absolute atomic E-state index is 0.253. The minimum atomic E-state index is -4.07. The van der Waals surface area contributed by atoms with Crippen LogP contribution in [-0.4, -0.2) is 13.2 Å². The van der Waals surface area contributed by atoms with E-state index >= 15 is 0 Å². The van der Waals surface area contributed by atoms with Crippen molar-refractivity contribution in [2.24, 2.45) is 0 Å². The van der Waals surface area contributed by atoms with Crippen LogP contribution in [0.2, 0.25) is 0 Å². The highest BCUT2D eigenvalue weighted by Gasteiger charge is 2.08. The number of phosphoric ester groups is 1. The lowest BCUT2D eigenvalue weighted by Gasteiger charge is -2.22. The fourth-order valence-corrected chi connectivity index (χ4v) is 2.93. The van der Waals surface area contributed by atoms with Crippen molar-refractivity contribution in [2.45, 2.75) is 90.9 Å². The normalized spacial score (nSPS) is 12.0. The summed E-state index contributed by atoms with van der Waals surface area (Å²) in [7, 11) is -4.07. The summed E-state index contributed by atoms with van der Waals surface area (Å²) in [5.74, 6) is 0. The molecule has 0 saturated heterocycles. The highest BCUT2D eigenvalue weighted by molar-refractivity contribution is 7.45. The van der Waals surface area contributed by atoms with E-state index in [1.54, 1.807) is 0 Å². The fourth-order valence-electron chi connectivity index (χ4n) is 2.15. The molecule has 0 aliphatic heterocycles. The molecule has 0 fully saturated rings. The van der Waals surface area contributed by atoms with Gasteiger partial charge in [0.15, 0.2) is 0 Å². The molecular formula is C16H34O4P-. The van der Waals surface area contributed by atoms with Crippen LogP contribution in [0.25, 0.3) is 0 Å². The first-order valence-electron chi connectivity index (χ1n) is 8.72. The second-order valence-corrected chi connectivity index (χ2v) is 7.06. The van der Waals surface area contributed by atoms with Gasteiger partial charge in [-0.05, 0) is 12.8 Å². The second-order valence-electron chi connectivity index (χ2n) is 5.65. The minimum Gasteiger partial charge on any atom is -0.756 e. The van der Waals surface area contributed by atoms with E-state index in [-0.39, 0.29) is 13.2 Å². The summed E-state index contributed by atoms with van der Waals surface area (Å²) in [5.41, 5.74) is 0. The summed E-state index contributed by atoms with van der Waals surface area (Å²) in [5, 5.41) is 0. The maximum Gasteiger partial charge on any atom is 0.267 e. The average Bonchev–Trinajstić information content (AvgIpc) is 2.45. The highest BCUT2D eigenvalue weighted by atomic mass is 31.2. The molecule has 0 heterocycles. The largest absolute Gasteiger partial charge is 0.756 e. The van der Waals surface area contributed by atoms with Crippen molar-refractivity contribution in [3.63, 3.8) is 0 Å². The summed E-state index contributed by atoms with van der Waals surface area (Å²) in [4.78, 5) is 11.5. The average molecular weight is 321 g/mol. The van der Waals surface area contributed by atoms with Crippen LogP contribution in [0.1, 0.15) is 90.9 Å². The van der Waals surface area contributed by atoms with Crippen LogP contribution in [0.15, 0.2) is 0 Å². The van der Waals surface area contributed by atoms with E-state index in [1.165, 1.54) is 38.5 Å². The molecule has 4 nitrogen and oxygen atoms in total. The van der Waals surface area contributed by atoms with Crippen molar-refractivity contribution in [1.82, 2.24) is 0 Å². The molecule has 0 spiro atoms. The monoisotopic (exact) mass is 321 g/mol. The first-order chi connectivity index (χ1) is 10.1. The molecule has 0 saturated carbocycles. The van der Waals surface area contributed by atoms with E-state index in [0.717, 1.165) is 38.5 Å². The number of phosphoric acid groups is 1. The highest BCUT2D eigenvalue weighted by Crippen LogP contribution is 2.38. The zero-order valence-electron chi connectivity index (χ0n) is 14.0. The molecule has 0 bridgehead atoms. The number of unbranched alkanes of at least 4 members (excludes halogenated alkanes) is 10. The van der Waals surface area contributed by atoms with E-state index in [1.807, 2.05) is 0 Å². The van der Waals surface area contributed by atoms with Gasteiger partial charge in [0.1, 0.15) is 0 Å². The van der Waals surface area contributed by atoms with Crippen LogP contribution in [0.4, 0.5) is 0 Å². The van der Waals surface area contributed by atoms with Crippen molar-refractivity contribution in [2.75, 3.05) is 13.2 Å². The van der Waals surface area contributed by atoms with Gasteiger partial charge in [0.25, 0.3) is 7.82 Å². The molecule has 21 heavy (non-hydrogen) atoms. The van der Waals surface area contributed by atoms with Crippen LogP contribution in [-0.2, 0) is 13.6 Å². The zero-order chi connectivity index (χ0) is 15.8. The molecule has 128 valence electrons. The Kier molecular flexibility index (Phi) is 15.1. The second kappa shape index (κ2) is 15.0. The third kappa shape index (κ3) is 16.3. The van der Waals surface area contributed by atoms with E-state index in [9.17, 15) is 9.46 Å². The van der Waals surface area contributed by atoms with Crippen LogP contribution in [0, 0.1) is 0 Å². The van der Waals surface area contributed by atoms with Gasteiger partial charge in [-0.25, -0.2) is 0 Å². The van der Waals surface area contributed by atoms with Gasteiger partial charge in [-0.15, -0.1) is 0 Å². The van der Waals surface area contributed by atoms with Crippen molar-refractivity contribution >= 4 is 7.82 Å². The summed E-state index contributed by atoms with van der Waals surface area (Å²) in [6, 6.07) is 0. The van der Waals surface area contributed by atoms with Gasteiger partial charge in [-0.3, -0.25) is 4.57 Å². The Balaban J connectivity index is 3.37. The number of hydrogen-bond donors (Lipinski definition) is 0. The Bertz CT molecular complexity index is 237. The maximum absolute atomic E-state index is 11.5. The zero-order valence-corrected chi connectivity index (χ0v) is 14.9. The van der Waals surface area contributed by atoms with Crippen molar-refractivity contribution in [3.05, 3.63) is 0 Å². The molecule has 0 unspecified atom stereocenters. The van der Waals surface area contributed by atoms with Crippen molar-refractivity contribution < 1.29 is 18.5 Å². The lowest BCUT2D eigenvalue weighted by atomic mass is 10.1. The summed E-state index contributed by atoms with van der Waals surface area (Å²) in [6.07, 6.45) is 13.3. The molecule has 0 aromatic heterocycles. The molecule has 0 radical (unpaired) electrons. The lowest BCUT2D eigenvalue weighted by molar-refractivity contribution is -0.225. The Hall–Kier alpha value is 0.110. The quantitative estimate of drug-likeness (QED) is 0.289. The third-order valence-corrected chi connectivity index (χ3v) is 4.49. The van der Waals surface area contributed by atoms with Gasteiger partial charge in [-0.1, -0.05) is 78.1 Å². The van der Waals surface area contributed by atoms with Crippen molar-refractivity contribution in [1.29, 1.82) is 0 Å². The smallest absolute Gasteiger partial charge is 0.267 e. The fraction of sp³-hybridized carbons (Fsp3) is 1.00. The SMILES string of the molecule is CCCCCCCCOP(=O)([O-])OCCCCCCCC. The molecule has 0 aliphatic rings. The van der Waals surface area contributed by atoms with Crippen LogP contribution in [0.3, 0.4) is 0 Å². The molecule has 5 heteroatoms. The Morgan fingerprint density at radius 2 is 1.00 bits per heavy atom. The Morgan fingerprint density at radius 1 is 0.667 bits per heavy atom. The molecule has 0 rings (SSSR count). The van der Waals surface area contributed by atoms with Gasteiger partial charge in [0, 0.05) is 0 Å². The maximum atomic E-state index is 11.5. The molecule has 0 aliphatic carbocycles. The summed E-state index contributed by atoms with van der Waals surface area (Å²) in [6.45, 7) is 4.86.